The number of carbonyl (C=O) groups is 1. The summed E-state index contributed by atoms with van der Waals surface area (Å²) in [5.74, 6) is -0.143. The van der Waals surface area contributed by atoms with Gasteiger partial charge in [-0.2, -0.15) is 0 Å². The molecule has 3 rings (SSSR count). The summed E-state index contributed by atoms with van der Waals surface area (Å²) in [6.45, 7) is 2.22. The van der Waals surface area contributed by atoms with Gasteiger partial charge in [0.2, 0.25) is 0 Å². The molecule has 2 nitrogen and oxygen atoms in total. The third kappa shape index (κ3) is 5.45. The Labute approximate surface area is 166 Å². The van der Waals surface area contributed by atoms with Crippen molar-refractivity contribution in [2.24, 2.45) is 0 Å². The number of carbonyl (C=O) groups excluding carboxylic acids is 1. The van der Waals surface area contributed by atoms with E-state index in [0.29, 0.717) is 16.3 Å². The van der Waals surface area contributed by atoms with Crippen LogP contribution < -0.4 is 5.32 Å². The van der Waals surface area contributed by atoms with Crippen LogP contribution in [0.1, 0.15) is 42.1 Å². The van der Waals surface area contributed by atoms with Gasteiger partial charge in [0.1, 0.15) is 0 Å². The molecule has 1 amide bonds. The van der Waals surface area contributed by atoms with Crippen molar-refractivity contribution in [1.82, 2.24) is 0 Å². The van der Waals surface area contributed by atoms with Gasteiger partial charge < -0.3 is 5.32 Å². The second kappa shape index (κ2) is 9.38. The lowest BCUT2D eigenvalue weighted by Crippen LogP contribution is -2.11. The Morgan fingerprint density at radius 3 is 2.19 bits per heavy atom. The van der Waals surface area contributed by atoms with Gasteiger partial charge in [-0.3, -0.25) is 4.79 Å². The standard InChI is InChI=1S/C24H24ClNO/c1-2-3-4-6-18-9-11-19(12-10-18)20-13-15-21(16-14-20)24(27)26-23-8-5-7-22(25)17-23/h5,7-17H,2-4,6H2,1H3,(H,26,27). The van der Waals surface area contributed by atoms with Gasteiger partial charge in [0.25, 0.3) is 5.91 Å². The number of anilines is 1. The number of rotatable bonds is 7. The number of aryl methyl sites for hydroxylation is 1. The zero-order chi connectivity index (χ0) is 19.1. The fourth-order valence-electron chi connectivity index (χ4n) is 3.03. The van der Waals surface area contributed by atoms with E-state index in [2.05, 4.69) is 36.5 Å². The fraction of sp³-hybridized carbons (Fsp3) is 0.208. The Hall–Kier alpha value is -2.58. The molecule has 0 aliphatic carbocycles. The van der Waals surface area contributed by atoms with Crippen molar-refractivity contribution in [3.8, 4) is 11.1 Å². The highest BCUT2D eigenvalue weighted by Crippen LogP contribution is 2.22. The van der Waals surface area contributed by atoms with Crippen LogP contribution in [0.15, 0.2) is 72.8 Å². The first-order valence-corrected chi connectivity index (χ1v) is 9.80. The number of hydrogen-bond donors (Lipinski definition) is 1. The SMILES string of the molecule is CCCCCc1ccc(-c2ccc(C(=O)Nc3cccc(Cl)c3)cc2)cc1. The van der Waals surface area contributed by atoms with E-state index in [9.17, 15) is 4.79 Å². The Balaban J connectivity index is 1.65. The summed E-state index contributed by atoms with van der Waals surface area (Å²) >= 11 is 5.96. The molecular formula is C24H24ClNO. The van der Waals surface area contributed by atoms with E-state index in [-0.39, 0.29) is 5.91 Å². The maximum atomic E-state index is 12.4. The molecule has 0 bridgehead atoms. The average Bonchev–Trinajstić information content (AvgIpc) is 2.69. The highest BCUT2D eigenvalue weighted by atomic mass is 35.5. The molecule has 3 aromatic carbocycles. The van der Waals surface area contributed by atoms with E-state index >= 15 is 0 Å². The number of halogens is 1. The second-order valence-electron chi connectivity index (χ2n) is 6.70. The largest absolute Gasteiger partial charge is 0.322 e. The van der Waals surface area contributed by atoms with Gasteiger partial charge in [-0.1, -0.05) is 73.8 Å². The zero-order valence-electron chi connectivity index (χ0n) is 15.5. The molecule has 3 heteroatoms. The van der Waals surface area contributed by atoms with Crippen LogP contribution in [-0.4, -0.2) is 5.91 Å². The highest BCUT2D eigenvalue weighted by molar-refractivity contribution is 6.30. The fourth-order valence-corrected chi connectivity index (χ4v) is 3.22. The van der Waals surface area contributed by atoms with Crippen molar-refractivity contribution in [1.29, 1.82) is 0 Å². The molecule has 0 aliphatic heterocycles. The van der Waals surface area contributed by atoms with Crippen LogP contribution in [0.5, 0.6) is 0 Å². The Morgan fingerprint density at radius 1 is 0.889 bits per heavy atom. The molecule has 0 atom stereocenters. The smallest absolute Gasteiger partial charge is 0.255 e. The normalized spacial score (nSPS) is 10.6. The molecule has 0 saturated heterocycles. The maximum absolute atomic E-state index is 12.4. The van der Waals surface area contributed by atoms with Crippen LogP contribution in [0.25, 0.3) is 11.1 Å². The Kier molecular flexibility index (Phi) is 6.67. The molecule has 0 fully saturated rings. The molecule has 0 unspecified atom stereocenters. The summed E-state index contributed by atoms with van der Waals surface area (Å²) in [6, 6.07) is 23.5. The lowest BCUT2D eigenvalue weighted by atomic mass is 10.0. The molecule has 0 saturated carbocycles. The van der Waals surface area contributed by atoms with Gasteiger partial charge in [-0.15, -0.1) is 0 Å². The molecule has 138 valence electrons. The molecule has 0 spiro atoms. The third-order valence-corrected chi connectivity index (χ3v) is 4.82. The summed E-state index contributed by atoms with van der Waals surface area (Å²) < 4.78 is 0. The Bertz CT molecular complexity index is 885. The first-order chi connectivity index (χ1) is 13.2. The molecule has 0 aliphatic rings. The lowest BCUT2D eigenvalue weighted by Gasteiger charge is -2.08. The van der Waals surface area contributed by atoms with Crippen molar-refractivity contribution in [3.63, 3.8) is 0 Å². The summed E-state index contributed by atoms with van der Waals surface area (Å²) in [4.78, 5) is 12.4. The zero-order valence-corrected chi connectivity index (χ0v) is 16.3. The summed E-state index contributed by atoms with van der Waals surface area (Å²) in [5.41, 5.74) is 4.96. The van der Waals surface area contributed by atoms with Crippen molar-refractivity contribution < 1.29 is 4.79 Å². The van der Waals surface area contributed by atoms with Gasteiger partial charge in [-0.25, -0.2) is 0 Å². The minimum Gasteiger partial charge on any atom is -0.322 e. The van der Waals surface area contributed by atoms with Crippen LogP contribution in [0.2, 0.25) is 5.02 Å². The predicted octanol–water partition coefficient (Wildman–Crippen LogP) is 6.99. The first kappa shape index (κ1) is 19.2. The van der Waals surface area contributed by atoms with Crippen LogP contribution in [0.4, 0.5) is 5.69 Å². The van der Waals surface area contributed by atoms with Gasteiger partial charge in [0.05, 0.1) is 0 Å². The Morgan fingerprint density at radius 2 is 1.56 bits per heavy atom. The van der Waals surface area contributed by atoms with Crippen LogP contribution in [0, 0.1) is 0 Å². The predicted molar refractivity (Wildman–Crippen MR) is 115 cm³/mol. The number of unbranched alkanes of at least 4 members (excludes halogenated alkanes) is 2. The van der Waals surface area contributed by atoms with E-state index in [0.717, 1.165) is 17.5 Å². The van der Waals surface area contributed by atoms with E-state index in [1.54, 1.807) is 12.1 Å². The molecular weight excluding hydrogens is 354 g/mol. The van der Waals surface area contributed by atoms with Crippen molar-refractivity contribution in [2.75, 3.05) is 5.32 Å². The molecule has 27 heavy (non-hydrogen) atoms. The maximum Gasteiger partial charge on any atom is 0.255 e. The van der Waals surface area contributed by atoms with Crippen LogP contribution >= 0.6 is 11.6 Å². The van der Waals surface area contributed by atoms with Gasteiger partial charge in [0.15, 0.2) is 0 Å². The molecule has 0 aromatic heterocycles. The highest BCUT2D eigenvalue weighted by Gasteiger charge is 2.07. The van der Waals surface area contributed by atoms with E-state index < -0.39 is 0 Å². The summed E-state index contributed by atoms with van der Waals surface area (Å²) in [6.07, 6.45) is 4.90. The van der Waals surface area contributed by atoms with E-state index in [1.165, 1.54) is 24.8 Å². The van der Waals surface area contributed by atoms with Crippen LogP contribution in [0.3, 0.4) is 0 Å². The van der Waals surface area contributed by atoms with E-state index in [4.69, 9.17) is 11.6 Å². The summed E-state index contributed by atoms with van der Waals surface area (Å²) in [5, 5.41) is 3.47. The van der Waals surface area contributed by atoms with Crippen molar-refractivity contribution >= 4 is 23.2 Å². The monoisotopic (exact) mass is 377 g/mol. The number of nitrogens with one attached hydrogen (secondary N) is 1. The lowest BCUT2D eigenvalue weighted by molar-refractivity contribution is 0.102. The average molecular weight is 378 g/mol. The molecule has 1 N–H and O–H groups in total. The minimum atomic E-state index is -0.143. The quantitative estimate of drug-likeness (QED) is 0.441. The second-order valence-corrected chi connectivity index (χ2v) is 7.13. The van der Waals surface area contributed by atoms with Crippen LogP contribution in [-0.2, 0) is 6.42 Å². The van der Waals surface area contributed by atoms with Crippen molar-refractivity contribution in [2.45, 2.75) is 32.6 Å². The van der Waals surface area contributed by atoms with Crippen molar-refractivity contribution in [3.05, 3.63) is 88.9 Å². The molecule has 0 heterocycles. The van der Waals surface area contributed by atoms with Gasteiger partial charge in [0, 0.05) is 16.3 Å². The topological polar surface area (TPSA) is 29.1 Å². The van der Waals surface area contributed by atoms with Gasteiger partial charge >= 0.3 is 0 Å². The summed E-state index contributed by atoms with van der Waals surface area (Å²) in [7, 11) is 0. The minimum absolute atomic E-state index is 0.143. The van der Waals surface area contributed by atoms with Gasteiger partial charge in [-0.05, 0) is 59.9 Å². The third-order valence-electron chi connectivity index (χ3n) is 4.59. The number of amides is 1. The number of benzene rings is 3. The van der Waals surface area contributed by atoms with E-state index in [1.807, 2.05) is 36.4 Å². The first-order valence-electron chi connectivity index (χ1n) is 9.42. The molecule has 0 radical (unpaired) electrons. The molecule has 3 aromatic rings. The number of hydrogen-bond acceptors (Lipinski definition) is 1.